The summed E-state index contributed by atoms with van der Waals surface area (Å²) in [4.78, 5) is 33.9. The van der Waals surface area contributed by atoms with E-state index in [9.17, 15) is 24.1 Å². The van der Waals surface area contributed by atoms with Gasteiger partial charge in [0, 0.05) is 16.6 Å². The van der Waals surface area contributed by atoms with Crippen molar-refractivity contribution in [1.82, 2.24) is 0 Å². The van der Waals surface area contributed by atoms with Gasteiger partial charge in [-0.2, -0.15) is 0 Å². The number of carbonyl (C=O) groups excluding carboxylic acids is 2. The second kappa shape index (κ2) is 7.84. The number of esters is 1. The van der Waals surface area contributed by atoms with Crippen LogP contribution in [0.15, 0.2) is 46.9 Å². The van der Waals surface area contributed by atoms with Crippen LogP contribution in [0.4, 0.5) is 15.8 Å². The molecule has 2 rings (SSSR count). The minimum Gasteiger partial charge on any atom is -0.449 e. The zero-order chi connectivity index (χ0) is 18.6. The van der Waals surface area contributed by atoms with Gasteiger partial charge >= 0.3 is 5.97 Å². The lowest BCUT2D eigenvalue weighted by molar-refractivity contribution is -0.384. The minimum absolute atomic E-state index is 0.0496. The van der Waals surface area contributed by atoms with Crippen molar-refractivity contribution in [2.45, 2.75) is 13.0 Å². The van der Waals surface area contributed by atoms with Gasteiger partial charge in [0.15, 0.2) is 6.10 Å². The lowest BCUT2D eigenvalue weighted by Crippen LogP contribution is -2.30. The summed E-state index contributed by atoms with van der Waals surface area (Å²) in [6.07, 6.45) is -1.19. The lowest BCUT2D eigenvalue weighted by Gasteiger charge is -2.14. The molecule has 9 heteroatoms. The maximum Gasteiger partial charge on any atom is 0.338 e. The molecule has 0 bridgehead atoms. The van der Waals surface area contributed by atoms with Crippen LogP contribution in [0.25, 0.3) is 0 Å². The van der Waals surface area contributed by atoms with Crippen LogP contribution < -0.4 is 5.32 Å². The highest BCUT2D eigenvalue weighted by Crippen LogP contribution is 2.20. The second-order valence-electron chi connectivity index (χ2n) is 4.96. The first-order chi connectivity index (χ1) is 11.8. The highest BCUT2D eigenvalue weighted by molar-refractivity contribution is 9.10. The molecule has 0 spiro atoms. The Balaban J connectivity index is 2.00. The Morgan fingerprint density at radius 1 is 1.24 bits per heavy atom. The second-order valence-corrected chi connectivity index (χ2v) is 5.88. The third kappa shape index (κ3) is 4.83. The summed E-state index contributed by atoms with van der Waals surface area (Å²) < 4.78 is 19.2. The molecule has 0 aliphatic rings. The minimum atomic E-state index is -1.19. The number of rotatable bonds is 5. The standard InChI is InChI=1S/C16H12BrFN2O5/c1-9(15(21)19-14-7-4-11(17)8-13(14)18)25-16(22)10-2-5-12(6-3-10)20(23)24/h2-9H,1H3,(H,19,21). The van der Waals surface area contributed by atoms with E-state index in [-0.39, 0.29) is 16.9 Å². The van der Waals surface area contributed by atoms with E-state index in [1.807, 2.05) is 0 Å². The molecule has 2 aromatic rings. The molecule has 0 fully saturated rings. The van der Waals surface area contributed by atoms with Crippen molar-refractivity contribution in [3.05, 3.63) is 68.4 Å². The molecule has 0 heterocycles. The average molecular weight is 411 g/mol. The van der Waals surface area contributed by atoms with Crippen LogP contribution in [0.1, 0.15) is 17.3 Å². The largest absolute Gasteiger partial charge is 0.449 e. The van der Waals surface area contributed by atoms with Crippen molar-refractivity contribution >= 4 is 39.2 Å². The van der Waals surface area contributed by atoms with Gasteiger partial charge in [0.25, 0.3) is 11.6 Å². The summed E-state index contributed by atoms with van der Waals surface area (Å²) in [5, 5.41) is 12.9. The van der Waals surface area contributed by atoms with E-state index >= 15 is 0 Å². The van der Waals surface area contributed by atoms with E-state index in [0.717, 1.165) is 12.1 Å². The zero-order valence-electron chi connectivity index (χ0n) is 12.9. The highest BCUT2D eigenvalue weighted by atomic mass is 79.9. The summed E-state index contributed by atoms with van der Waals surface area (Å²) in [6.45, 7) is 1.33. The molecule has 7 nitrogen and oxygen atoms in total. The van der Waals surface area contributed by atoms with Gasteiger partial charge in [-0.3, -0.25) is 14.9 Å². The average Bonchev–Trinajstić information content (AvgIpc) is 2.57. The third-order valence-corrected chi connectivity index (χ3v) is 3.65. The maximum atomic E-state index is 13.7. The number of nitro benzene ring substituents is 1. The third-order valence-electron chi connectivity index (χ3n) is 3.16. The van der Waals surface area contributed by atoms with Gasteiger partial charge in [-0.05, 0) is 37.3 Å². The maximum absolute atomic E-state index is 13.7. The Morgan fingerprint density at radius 2 is 1.88 bits per heavy atom. The van der Waals surface area contributed by atoms with Gasteiger partial charge in [-0.25, -0.2) is 9.18 Å². The fraction of sp³-hybridized carbons (Fsp3) is 0.125. The topological polar surface area (TPSA) is 98.5 Å². The molecular weight excluding hydrogens is 399 g/mol. The van der Waals surface area contributed by atoms with Gasteiger partial charge < -0.3 is 10.1 Å². The molecule has 1 N–H and O–H groups in total. The number of halogens is 2. The quantitative estimate of drug-likeness (QED) is 0.460. The number of ether oxygens (including phenoxy) is 1. The Labute approximate surface area is 150 Å². The molecule has 1 atom stereocenters. The SMILES string of the molecule is CC(OC(=O)c1ccc([N+](=O)[O-])cc1)C(=O)Nc1ccc(Br)cc1F. The van der Waals surface area contributed by atoms with Crippen molar-refractivity contribution in [1.29, 1.82) is 0 Å². The van der Waals surface area contributed by atoms with Gasteiger partial charge in [0.05, 0.1) is 16.2 Å². The zero-order valence-corrected chi connectivity index (χ0v) is 14.4. The number of carbonyl (C=O) groups is 2. The number of nitrogens with one attached hydrogen (secondary N) is 1. The number of amides is 1. The van der Waals surface area contributed by atoms with Crippen LogP contribution in [-0.2, 0) is 9.53 Å². The molecule has 130 valence electrons. The molecule has 0 saturated carbocycles. The first kappa shape index (κ1) is 18.5. The molecule has 0 radical (unpaired) electrons. The van der Waals surface area contributed by atoms with Crippen LogP contribution in [0.2, 0.25) is 0 Å². The van der Waals surface area contributed by atoms with Crippen molar-refractivity contribution in [2.24, 2.45) is 0 Å². The van der Waals surface area contributed by atoms with Crippen molar-refractivity contribution < 1.29 is 23.6 Å². The molecule has 2 aromatic carbocycles. The smallest absolute Gasteiger partial charge is 0.338 e. The van der Waals surface area contributed by atoms with Gasteiger partial charge in [-0.15, -0.1) is 0 Å². The summed E-state index contributed by atoms with van der Waals surface area (Å²) in [5.74, 6) is -2.18. The predicted octanol–water partition coefficient (Wildman–Crippen LogP) is 3.68. The highest BCUT2D eigenvalue weighted by Gasteiger charge is 2.20. The predicted molar refractivity (Wildman–Crippen MR) is 90.7 cm³/mol. The van der Waals surface area contributed by atoms with Crippen LogP contribution in [-0.4, -0.2) is 22.9 Å². The van der Waals surface area contributed by atoms with E-state index < -0.39 is 28.7 Å². The monoisotopic (exact) mass is 410 g/mol. The van der Waals surface area contributed by atoms with E-state index in [4.69, 9.17) is 4.74 Å². The van der Waals surface area contributed by atoms with E-state index in [1.54, 1.807) is 6.07 Å². The van der Waals surface area contributed by atoms with Crippen LogP contribution in [0, 0.1) is 15.9 Å². The van der Waals surface area contributed by atoms with Crippen molar-refractivity contribution in [3.8, 4) is 0 Å². The summed E-state index contributed by atoms with van der Waals surface area (Å²) in [6, 6.07) is 8.84. The molecule has 25 heavy (non-hydrogen) atoms. The number of hydrogen-bond acceptors (Lipinski definition) is 5. The van der Waals surface area contributed by atoms with Crippen molar-refractivity contribution in [3.63, 3.8) is 0 Å². The Kier molecular flexibility index (Phi) is 5.81. The molecule has 0 saturated heterocycles. The fourth-order valence-electron chi connectivity index (χ4n) is 1.83. The van der Waals surface area contributed by atoms with E-state index in [2.05, 4.69) is 21.2 Å². The number of nitro groups is 1. The fourth-order valence-corrected chi connectivity index (χ4v) is 2.16. The van der Waals surface area contributed by atoms with Crippen LogP contribution >= 0.6 is 15.9 Å². The summed E-state index contributed by atoms with van der Waals surface area (Å²) in [5.41, 5.74) is -0.167. The van der Waals surface area contributed by atoms with Crippen LogP contribution in [0.5, 0.6) is 0 Å². The Hall–Kier alpha value is -2.81. The van der Waals surface area contributed by atoms with Crippen LogP contribution in [0.3, 0.4) is 0 Å². The normalized spacial score (nSPS) is 11.5. The number of benzene rings is 2. The molecule has 0 aliphatic carbocycles. The molecule has 0 aliphatic heterocycles. The summed E-state index contributed by atoms with van der Waals surface area (Å²) >= 11 is 3.10. The Bertz CT molecular complexity index is 826. The Morgan fingerprint density at radius 3 is 2.44 bits per heavy atom. The first-order valence-electron chi connectivity index (χ1n) is 6.99. The molecule has 1 unspecified atom stereocenters. The molecule has 0 aromatic heterocycles. The molecular formula is C16H12BrFN2O5. The number of non-ortho nitro benzene ring substituents is 1. The van der Waals surface area contributed by atoms with E-state index in [1.165, 1.54) is 31.2 Å². The van der Waals surface area contributed by atoms with Gasteiger partial charge in [0.2, 0.25) is 0 Å². The lowest BCUT2D eigenvalue weighted by atomic mass is 10.2. The van der Waals surface area contributed by atoms with Gasteiger partial charge in [-0.1, -0.05) is 15.9 Å². The summed E-state index contributed by atoms with van der Waals surface area (Å²) in [7, 11) is 0. The number of nitrogens with zero attached hydrogens (tertiary/aromatic N) is 1. The number of hydrogen-bond donors (Lipinski definition) is 1. The number of anilines is 1. The van der Waals surface area contributed by atoms with Crippen molar-refractivity contribution in [2.75, 3.05) is 5.32 Å². The van der Waals surface area contributed by atoms with E-state index in [0.29, 0.717) is 4.47 Å². The first-order valence-corrected chi connectivity index (χ1v) is 7.78. The van der Waals surface area contributed by atoms with Gasteiger partial charge in [0.1, 0.15) is 5.82 Å². The molecule has 1 amide bonds.